The number of H-pyrrole nitrogens is 2. The predicted octanol–water partition coefficient (Wildman–Crippen LogP) is 3.20. The minimum Gasteiger partial charge on any atom is -0.386 e. The minimum atomic E-state index is -0.833. The molecule has 0 aliphatic carbocycles. The Morgan fingerprint density at radius 2 is 1.76 bits per heavy atom. The smallest absolute Gasteiger partial charge is 0.333 e. The molecule has 0 saturated carbocycles. The average Bonchev–Trinajstić information content (AvgIpc) is 3.42. The zero-order valence-electron chi connectivity index (χ0n) is 19.4. The molecular formula is C24H17Cl2FN8O3. The van der Waals surface area contributed by atoms with Gasteiger partial charge in [0.05, 0.1) is 22.3 Å². The molecule has 2 heterocycles. The Morgan fingerprint density at radius 1 is 1.05 bits per heavy atom. The van der Waals surface area contributed by atoms with Crippen LogP contribution in [0.25, 0.3) is 16.6 Å². The Morgan fingerprint density at radius 3 is 2.39 bits per heavy atom. The molecule has 14 heteroatoms. The molecule has 4 N–H and O–H groups in total. The maximum absolute atomic E-state index is 14.3. The summed E-state index contributed by atoms with van der Waals surface area (Å²) in [5, 5.41) is 20.0. The van der Waals surface area contributed by atoms with Gasteiger partial charge in [0.25, 0.3) is 11.5 Å². The molecule has 192 valence electrons. The lowest BCUT2D eigenvalue weighted by Crippen LogP contribution is -2.34. The van der Waals surface area contributed by atoms with Crippen LogP contribution in [0.15, 0.2) is 64.2 Å². The summed E-state index contributed by atoms with van der Waals surface area (Å²) < 4.78 is 15.1. The zero-order valence-corrected chi connectivity index (χ0v) is 20.9. The molecule has 11 nitrogen and oxygen atoms in total. The third kappa shape index (κ3) is 4.74. The van der Waals surface area contributed by atoms with Crippen molar-refractivity contribution in [3.8, 4) is 5.69 Å². The lowest BCUT2D eigenvalue weighted by molar-refractivity contribution is 0.0941. The largest absolute Gasteiger partial charge is 0.386 e. The molecule has 0 aliphatic rings. The van der Waals surface area contributed by atoms with Crippen molar-refractivity contribution >= 4 is 45.7 Å². The van der Waals surface area contributed by atoms with Gasteiger partial charge in [0.2, 0.25) is 5.82 Å². The van der Waals surface area contributed by atoms with Crippen LogP contribution in [-0.2, 0) is 0 Å². The van der Waals surface area contributed by atoms with E-state index in [1.807, 2.05) is 0 Å². The van der Waals surface area contributed by atoms with E-state index >= 15 is 0 Å². The molecule has 1 atom stereocenters. The molecular weight excluding hydrogens is 538 g/mol. The minimum absolute atomic E-state index is 0.00828. The molecule has 0 spiro atoms. The van der Waals surface area contributed by atoms with Crippen LogP contribution in [-0.4, -0.2) is 43.1 Å². The van der Waals surface area contributed by atoms with E-state index in [9.17, 15) is 18.8 Å². The van der Waals surface area contributed by atoms with Gasteiger partial charge in [-0.3, -0.25) is 9.59 Å². The van der Waals surface area contributed by atoms with Crippen molar-refractivity contribution in [3.63, 3.8) is 0 Å². The van der Waals surface area contributed by atoms with E-state index in [4.69, 9.17) is 23.2 Å². The highest BCUT2D eigenvalue weighted by molar-refractivity contribution is 6.34. The zero-order chi connectivity index (χ0) is 27.0. The molecule has 0 bridgehead atoms. The number of aromatic amines is 2. The quantitative estimate of drug-likeness (QED) is 0.251. The number of rotatable bonds is 6. The lowest BCUT2D eigenvalue weighted by Gasteiger charge is -2.17. The number of carbonyl (C=O) groups excluding carboxylic acids is 1. The standard InChI is InChI=1S/C24H17Cl2FN8O3/c1-28-19-10-18-16(9-17(19)27)23(37)35(24(38)29-18)15-4-2-11(3-5-15)22(36)30-20(21-31-33-34-32-21)12-6-13(25)8-14(26)7-12/h2-10,20,28H,1H3,(H,29,38)(H,30,36)(H,31,32,33,34). The van der Waals surface area contributed by atoms with E-state index < -0.39 is 29.0 Å². The van der Waals surface area contributed by atoms with Crippen LogP contribution in [0.3, 0.4) is 0 Å². The maximum Gasteiger partial charge on any atom is 0.333 e. The van der Waals surface area contributed by atoms with E-state index in [0.717, 1.165) is 10.6 Å². The van der Waals surface area contributed by atoms with Crippen LogP contribution >= 0.6 is 23.2 Å². The fourth-order valence-corrected chi connectivity index (χ4v) is 4.51. The Kier molecular flexibility index (Phi) is 6.66. The third-order valence-corrected chi connectivity index (χ3v) is 6.19. The van der Waals surface area contributed by atoms with Gasteiger partial charge in [-0.25, -0.2) is 13.8 Å². The first kappa shape index (κ1) is 25.1. The second kappa shape index (κ2) is 10.1. The van der Waals surface area contributed by atoms with Crippen LogP contribution in [0, 0.1) is 5.82 Å². The SMILES string of the molecule is CNc1cc2[nH]c(=O)n(-c3ccc(C(=O)NC(c4cc(Cl)cc(Cl)c4)c4nn[nH]n4)cc3)c(=O)c2cc1F. The number of fused-ring (bicyclic) bond motifs is 1. The van der Waals surface area contributed by atoms with Gasteiger partial charge in [-0.15, -0.1) is 10.2 Å². The first-order valence-electron chi connectivity index (χ1n) is 11.0. The van der Waals surface area contributed by atoms with Gasteiger partial charge in [-0.2, -0.15) is 5.21 Å². The molecule has 1 amide bonds. The highest BCUT2D eigenvalue weighted by Gasteiger charge is 2.23. The van der Waals surface area contributed by atoms with E-state index in [1.165, 1.54) is 37.4 Å². The Balaban J connectivity index is 1.47. The van der Waals surface area contributed by atoms with E-state index in [0.29, 0.717) is 15.6 Å². The van der Waals surface area contributed by atoms with Crippen molar-refractivity contribution in [3.05, 3.63) is 108 Å². The van der Waals surface area contributed by atoms with Crippen LogP contribution < -0.4 is 21.9 Å². The Bertz CT molecular complexity index is 1770. The maximum atomic E-state index is 14.3. The summed E-state index contributed by atoms with van der Waals surface area (Å²) in [4.78, 5) is 41.4. The van der Waals surface area contributed by atoms with Crippen molar-refractivity contribution < 1.29 is 9.18 Å². The van der Waals surface area contributed by atoms with Gasteiger partial charge >= 0.3 is 5.69 Å². The van der Waals surface area contributed by atoms with Crippen LogP contribution in [0.5, 0.6) is 0 Å². The molecule has 2 aromatic heterocycles. The van der Waals surface area contributed by atoms with Crippen LogP contribution in [0.2, 0.25) is 10.0 Å². The number of anilines is 1. The van der Waals surface area contributed by atoms with E-state index in [1.54, 1.807) is 18.2 Å². The van der Waals surface area contributed by atoms with E-state index in [2.05, 4.69) is 36.2 Å². The number of hydrogen-bond acceptors (Lipinski definition) is 7. The van der Waals surface area contributed by atoms with Crippen molar-refractivity contribution in [1.82, 2.24) is 35.5 Å². The molecule has 0 radical (unpaired) electrons. The molecule has 3 aromatic carbocycles. The predicted molar refractivity (Wildman–Crippen MR) is 140 cm³/mol. The van der Waals surface area contributed by atoms with Crippen molar-refractivity contribution in [2.45, 2.75) is 6.04 Å². The summed E-state index contributed by atoms with van der Waals surface area (Å²) in [6.07, 6.45) is 0. The summed E-state index contributed by atoms with van der Waals surface area (Å²) in [5.41, 5.74) is -0.182. The summed E-state index contributed by atoms with van der Waals surface area (Å²) in [5.74, 6) is -0.972. The van der Waals surface area contributed by atoms with Gasteiger partial charge < -0.3 is 15.6 Å². The summed E-state index contributed by atoms with van der Waals surface area (Å²) in [7, 11) is 1.52. The fraction of sp³-hybridized carbons (Fsp3) is 0.0833. The van der Waals surface area contributed by atoms with Crippen LogP contribution in [0.4, 0.5) is 10.1 Å². The van der Waals surface area contributed by atoms with Crippen molar-refractivity contribution in [2.24, 2.45) is 0 Å². The summed E-state index contributed by atoms with van der Waals surface area (Å²) >= 11 is 12.3. The second-order valence-corrected chi connectivity index (χ2v) is 9.00. The number of carbonyl (C=O) groups is 1. The first-order chi connectivity index (χ1) is 18.2. The Hall–Kier alpha value is -4.55. The van der Waals surface area contributed by atoms with E-state index in [-0.39, 0.29) is 33.7 Å². The second-order valence-electron chi connectivity index (χ2n) is 8.12. The van der Waals surface area contributed by atoms with Crippen LogP contribution in [0.1, 0.15) is 27.8 Å². The Labute approximate surface area is 222 Å². The fourth-order valence-electron chi connectivity index (χ4n) is 3.97. The lowest BCUT2D eigenvalue weighted by atomic mass is 10.1. The number of nitrogens with zero attached hydrogens (tertiary/aromatic N) is 4. The summed E-state index contributed by atoms with van der Waals surface area (Å²) in [6.45, 7) is 0. The molecule has 0 aliphatic heterocycles. The third-order valence-electron chi connectivity index (χ3n) is 5.76. The molecule has 5 rings (SSSR count). The molecule has 0 fully saturated rings. The monoisotopic (exact) mass is 554 g/mol. The normalized spacial score (nSPS) is 11.9. The molecule has 1 unspecified atom stereocenters. The number of amides is 1. The first-order valence-corrected chi connectivity index (χ1v) is 11.8. The number of hydrogen-bond donors (Lipinski definition) is 4. The highest BCUT2D eigenvalue weighted by atomic mass is 35.5. The molecule has 0 saturated heterocycles. The van der Waals surface area contributed by atoms with Gasteiger partial charge in [0.15, 0.2) is 0 Å². The number of benzene rings is 3. The topological polar surface area (TPSA) is 150 Å². The highest BCUT2D eigenvalue weighted by Crippen LogP contribution is 2.26. The van der Waals surface area contributed by atoms with Gasteiger partial charge in [-0.1, -0.05) is 28.4 Å². The number of aromatic nitrogens is 6. The number of nitrogens with one attached hydrogen (secondary N) is 4. The van der Waals surface area contributed by atoms with Gasteiger partial charge in [0, 0.05) is 22.7 Å². The summed E-state index contributed by atoms with van der Waals surface area (Å²) in [6, 6.07) is 12.1. The number of halogens is 3. The molecule has 5 aromatic rings. The number of tetrazole rings is 1. The van der Waals surface area contributed by atoms with Gasteiger partial charge in [0.1, 0.15) is 11.9 Å². The van der Waals surface area contributed by atoms with Gasteiger partial charge in [-0.05, 0) is 60.2 Å². The molecule has 38 heavy (non-hydrogen) atoms. The van der Waals surface area contributed by atoms with Crippen molar-refractivity contribution in [1.29, 1.82) is 0 Å². The van der Waals surface area contributed by atoms with Crippen molar-refractivity contribution in [2.75, 3.05) is 12.4 Å². The average molecular weight is 555 g/mol.